The van der Waals surface area contributed by atoms with Crippen molar-refractivity contribution in [3.8, 4) is 0 Å². The number of alkyl halides is 3. The fourth-order valence-corrected chi connectivity index (χ4v) is 1.99. The summed E-state index contributed by atoms with van der Waals surface area (Å²) in [5.74, 6) is -1.06. The summed E-state index contributed by atoms with van der Waals surface area (Å²) < 4.78 is 39.8. The van der Waals surface area contributed by atoms with Crippen LogP contribution in [0.1, 0.15) is 21.9 Å². The quantitative estimate of drug-likeness (QED) is 0.648. The number of nitrogens with zero attached hydrogens (tertiary/aromatic N) is 5. The van der Waals surface area contributed by atoms with E-state index in [2.05, 4.69) is 15.5 Å². The van der Waals surface area contributed by atoms with Gasteiger partial charge < -0.3 is 15.4 Å². The lowest BCUT2D eigenvalue weighted by atomic mass is 10.3. The summed E-state index contributed by atoms with van der Waals surface area (Å²) in [6, 6.07) is 1.93. The number of aromatic nitrogens is 4. The van der Waals surface area contributed by atoms with Crippen LogP contribution in [0.25, 0.3) is 0 Å². The molecule has 12 heteroatoms. The van der Waals surface area contributed by atoms with Crippen LogP contribution in [0.3, 0.4) is 0 Å². The molecule has 1 N–H and O–H groups in total. The zero-order chi connectivity index (χ0) is 18.1. The topological polar surface area (TPSA) is 108 Å². The van der Waals surface area contributed by atoms with Crippen molar-refractivity contribution < 1.29 is 22.9 Å². The minimum absolute atomic E-state index is 0.0328. The molecule has 130 valence electrons. The predicted octanol–water partition coefficient (Wildman–Crippen LogP) is 1.28. The van der Waals surface area contributed by atoms with Gasteiger partial charge in [0.15, 0.2) is 5.69 Å². The first kappa shape index (κ1) is 17.4. The number of nitrogens with one attached hydrogen (secondary N) is 1. The molecule has 0 aliphatic carbocycles. The highest BCUT2D eigenvalue weighted by Crippen LogP contribution is 2.28. The molecular formula is C12H13F3N6O3. The van der Waals surface area contributed by atoms with E-state index in [-0.39, 0.29) is 24.6 Å². The molecule has 2 aromatic heterocycles. The zero-order valence-electron chi connectivity index (χ0n) is 12.7. The van der Waals surface area contributed by atoms with Gasteiger partial charge >= 0.3 is 12.0 Å². The predicted molar refractivity (Wildman–Crippen MR) is 74.2 cm³/mol. The molecule has 0 aliphatic heterocycles. The fourth-order valence-electron chi connectivity index (χ4n) is 1.99. The van der Waals surface area contributed by atoms with Gasteiger partial charge in [-0.3, -0.25) is 9.48 Å². The lowest BCUT2D eigenvalue weighted by Crippen LogP contribution is -2.29. The molecule has 0 atom stereocenters. The Morgan fingerprint density at radius 3 is 2.54 bits per heavy atom. The lowest BCUT2D eigenvalue weighted by molar-refractivity contribution is -0.389. The number of amides is 1. The van der Waals surface area contributed by atoms with Crippen LogP contribution in [-0.2, 0) is 19.8 Å². The molecule has 0 fully saturated rings. The fraction of sp³-hybridized carbons (Fsp3) is 0.417. The Morgan fingerprint density at radius 1 is 1.38 bits per heavy atom. The van der Waals surface area contributed by atoms with E-state index in [4.69, 9.17) is 0 Å². The summed E-state index contributed by atoms with van der Waals surface area (Å²) in [6.07, 6.45) is -4.64. The molecule has 0 unspecified atom stereocenters. The van der Waals surface area contributed by atoms with Crippen LogP contribution in [0, 0.1) is 17.0 Å². The van der Waals surface area contributed by atoms with Crippen LogP contribution in [0.2, 0.25) is 0 Å². The Kier molecular flexibility index (Phi) is 4.57. The van der Waals surface area contributed by atoms with Gasteiger partial charge in [0.25, 0.3) is 5.91 Å². The summed E-state index contributed by atoms with van der Waals surface area (Å²) in [5.41, 5.74) is -0.880. The largest absolute Gasteiger partial charge is 0.435 e. The molecule has 1 amide bonds. The second kappa shape index (κ2) is 6.29. The smallest absolute Gasteiger partial charge is 0.358 e. The minimum atomic E-state index is -4.64. The molecule has 0 bridgehead atoms. The molecule has 0 saturated heterocycles. The number of halogens is 3. The number of carbonyl (C=O) groups excluding carboxylic acids is 1. The van der Waals surface area contributed by atoms with Crippen molar-refractivity contribution in [3.05, 3.63) is 39.3 Å². The zero-order valence-corrected chi connectivity index (χ0v) is 12.7. The first-order valence-corrected chi connectivity index (χ1v) is 6.68. The van der Waals surface area contributed by atoms with Crippen molar-refractivity contribution in [1.82, 2.24) is 24.9 Å². The summed E-state index contributed by atoms with van der Waals surface area (Å²) in [5, 5.41) is 20.0. The molecular weight excluding hydrogens is 333 g/mol. The van der Waals surface area contributed by atoms with Gasteiger partial charge in [-0.2, -0.15) is 23.0 Å². The van der Waals surface area contributed by atoms with Crippen molar-refractivity contribution in [2.75, 3.05) is 6.54 Å². The van der Waals surface area contributed by atoms with Gasteiger partial charge in [0.2, 0.25) is 0 Å². The van der Waals surface area contributed by atoms with E-state index in [0.717, 1.165) is 4.68 Å². The van der Waals surface area contributed by atoms with E-state index >= 15 is 0 Å². The summed E-state index contributed by atoms with van der Waals surface area (Å²) >= 11 is 0. The first-order chi connectivity index (χ1) is 11.1. The van der Waals surface area contributed by atoms with Crippen LogP contribution >= 0.6 is 0 Å². The highest BCUT2D eigenvalue weighted by atomic mass is 19.4. The number of hydrogen-bond donors (Lipinski definition) is 1. The van der Waals surface area contributed by atoms with Crippen LogP contribution in [0.15, 0.2) is 12.1 Å². The third kappa shape index (κ3) is 3.70. The highest BCUT2D eigenvalue weighted by molar-refractivity contribution is 5.92. The van der Waals surface area contributed by atoms with Crippen LogP contribution in [0.4, 0.5) is 19.0 Å². The molecule has 2 aromatic rings. The Labute approximate surface area is 133 Å². The molecule has 0 radical (unpaired) electrons. The number of carbonyl (C=O) groups is 1. The van der Waals surface area contributed by atoms with Gasteiger partial charge in [0, 0.05) is 19.7 Å². The maximum atomic E-state index is 12.6. The Bertz CT molecular complexity index is 780. The maximum absolute atomic E-state index is 12.6. The minimum Gasteiger partial charge on any atom is -0.358 e. The van der Waals surface area contributed by atoms with E-state index in [0.29, 0.717) is 11.8 Å². The Hall–Kier alpha value is -2.92. The number of aryl methyl sites for hydroxylation is 2. The van der Waals surface area contributed by atoms with Crippen LogP contribution in [-0.4, -0.2) is 36.9 Å². The number of rotatable bonds is 5. The maximum Gasteiger partial charge on any atom is 0.435 e. The van der Waals surface area contributed by atoms with E-state index < -0.39 is 22.7 Å². The molecule has 0 spiro atoms. The first-order valence-electron chi connectivity index (χ1n) is 6.68. The van der Waals surface area contributed by atoms with Gasteiger partial charge in [-0.05, 0) is 11.8 Å². The second-order valence-electron chi connectivity index (χ2n) is 4.92. The molecule has 0 aromatic carbocycles. The summed E-state index contributed by atoms with van der Waals surface area (Å²) in [4.78, 5) is 21.9. The van der Waals surface area contributed by atoms with Crippen LogP contribution < -0.4 is 5.32 Å². The average Bonchev–Trinajstić information content (AvgIpc) is 3.02. The molecule has 0 saturated carbocycles. The third-order valence-electron chi connectivity index (χ3n) is 3.17. The molecule has 2 heterocycles. The van der Waals surface area contributed by atoms with E-state index in [1.807, 2.05) is 0 Å². The number of hydrogen-bond acceptors (Lipinski definition) is 5. The van der Waals surface area contributed by atoms with Gasteiger partial charge in [-0.25, -0.2) is 0 Å². The third-order valence-corrected chi connectivity index (χ3v) is 3.17. The normalized spacial score (nSPS) is 11.5. The molecule has 24 heavy (non-hydrogen) atoms. The molecule has 0 aliphatic rings. The molecule has 2 rings (SSSR count). The summed E-state index contributed by atoms with van der Waals surface area (Å²) in [6.45, 7) is 1.78. The SMILES string of the molecule is Cc1cc([N+](=O)[O-])nn1CCNC(=O)c1cc(C(F)(F)F)nn1C. The van der Waals surface area contributed by atoms with Crippen molar-refractivity contribution in [2.45, 2.75) is 19.6 Å². The average molecular weight is 346 g/mol. The Balaban J connectivity index is 1.99. The van der Waals surface area contributed by atoms with Crippen LogP contribution in [0.5, 0.6) is 0 Å². The van der Waals surface area contributed by atoms with E-state index in [1.54, 1.807) is 6.92 Å². The van der Waals surface area contributed by atoms with Crippen molar-refractivity contribution in [2.24, 2.45) is 7.05 Å². The summed E-state index contributed by atoms with van der Waals surface area (Å²) in [7, 11) is 1.23. The van der Waals surface area contributed by atoms with E-state index in [1.165, 1.54) is 17.8 Å². The number of nitro groups is 1. The van der Waals surface area contributed by atoms with Crippen molar-refractivity contribution in [3.63, 3.8) is 0 Å². The Morgan fingerprint density at radius 2 is 2.04 bits per heavy atom. The second-order valence-corrected chi connectivity index (χ2v) is 4.92. The van der Waals surface area contributed by atoms with Gasteiger partial charge in [-0.1, -0.05) is 0 Å². The van der Waals surface area contributed by atoms with Crippen molar-refractivity contribution >= 4 is 11.7 Å². The highest BCUT2D eigenvalue weighted by Gasteiger charge is 2.35. The van der Waals surface area contributed by atoms with Gasteiger partial charge in [0.05, 0.1) is 23.4 Å². The van der Waals surface area contributed by atoms with Gasteiger partial charge in [-0.15, -0.1) is 0 Å². The standard InChI is InChI=1S/C12H13F3N6O3/c1-7-5-10(21(23)24)18-20(7)4-3-16-11(22)8-6-9(12(13,14)15)17-19(8)2/h5-6H,3-4H2,1-2H3,(H,16,22). The molecule has 9 nitrogen and oxygen atoms in total. The van der Waals surface area contributed by atoms with Gasteiger partial charge in [0.1, 0.15) is 5.69 Å². The monoisotopic (exact) mass is 346 g/mol. The van der Waals surface area contributed by atoms with E-state index in [9.17, 15) is 28.1 Å². The lowest BCUT2D eigenvalue weighted by Gasteiger charge is -2.04. The van der Waals surface area contributed by atoms with Crippen molar-refractivity contribution in [1.29, 1.82) is 0 Å².